The molecular weight excluding hydrogens is 482 g/mol. The van der Waals surface area contributed by atoms with Crippen LogP contribution in [0.25, 0.3) is 10.9 Å². The van der Waals surface area contributed by atoms with E-state index in [0.29, 0.717) is 36.6 Å². The number of anilines is 3. The largest absolute Gasteiger partial charge is 0.496 e. The number of piperidine rings is 1. The van der Waals surface area contributed by atoms with Gasteiger partial charge in [-0.25, -0.2) is 4.98 Å². The van der Waals surface area contributed by atoms with Crippen LogP contribution in [0.15, 0.2) is 30.3 Å². The molecular formula is C28H41N7O3. The first-order chi connectivity index (χ1) is 18.5. The van der Waals surface area contributed by atoms with Gasteiger partial charge in [-0.15, -0.1) is 0 Å². The van der Waals surface area contributed by atoms with Crippen LogP contribution >= 0.6 is 0 Å². The summed E-state index contributed by atoms with van der Waals surface area (Å²) >= 11 is 0. The molecule has 0 aliphatic carbocycles. The van der Waals surface area contributed by atoms with Crippen molar-refractivity contribution in [3.63, 3.8) is 0 Å². The van der Waals surface area contributed by atoms with Crippen LogP contribution in [0.4, 0.5) is 17.5 Å². The molecule has 0 saturated carbocycles. The molecule has 0 unspecified atom stereocenters. The molecule has 1 aliphatic rings. The van der Waals surface area contributed by atoms with E-state index in [-0.39, 0.29) is 0 Å². The minimum Gasteiger partial charge on any atom is -0.496 e. The average molecular weight is 524 g/mol. The lowest BCUT2D eigenvalue weighted by Gasteiger charge is -2.34. The highest BCUT2D eigenvalue weighted by atomic mass is 16.5. The van der Waals surface area contributed by atoms with E-state index in [0.717, 1.165) is 61.4 Å². The molecule has 0 radical (unpaired) electrons. The maximum atomic E-state index is 5.69. The summed E-state index contributed by atoms with van der Waals surface area (Å²) in [7, 11) is 9.16. The molecule has 4 rings (SSSR count). The van der Waals surface area contributed by atoms with E-state index >= 15 is 0 Å². The van der Waals surface area contributed by atoms with Crippen LogP contribution in [0.3, 0.4) is 0 Å². The zero-order valence-corrected chi connectivity index (χ0v) is 23.2. The molecule has 10 nitrogen and oxygen atoms in total. The van der Waals surface area contributed by atoms with Crippen LogP contribution < -0.4 is 35.5 Å². The summed E-state index contributed by atoms with van der Waals surface area (Å²) in [6.07, 6.45) is 2.85. The molecule has 4 N–H and O–H groups in total. The molecule has 1 saturated heterocycles. The second-order valence-electron chi connectivity index (χ2n) is 9.74. The first kappa shape index (κ1) is 27.5. The molecule has 2 aromatic carbocycles. The molecule has 0 atom stereocenters. The number of likely N-dealkylation sites (tertiary alicyclic amines) is 1. The highest BCUT2D eigenvalue weighted by Gasteiger charge is 2.23. The van der Waals surface area contributed by atoms with Crippen molar-refractivity contribution in [2.75, 3.05) is 77.1 Å². The summed E-state index contributed by atoms with van der Waals surface area (Å²) in [5.41, 5.74) is 8.88. The van der Waals surface area contributed by atoms with Crippen LogP contribution in [0.2, 0.25) is 0 Å². The fourth-order valence-electron chi connectivity index (χ4n) is 4.92. The molecule has 1 aromatic heterocycles. The zero-order chi connectivity index (χ0) is 27.1. The Balaban J connectivity index is 1.51. The fraction of sp³-hybridized carbons (Fsp3) is 0.500. The Bertz CT molecular complexity index is 1210. The highest BCUT2D eigenvalue weighted by molar-refractivity contribution is 5.92. The highest BCUT2D eigenvalue weighted by Crippen LogP contribution is 2.35. The number of aromatic nitrogens is 2. The smallest absolute Gasteiger partial charge is 0.225 e. The number of nitrogens with two attached hydrogens (primary N) is 1. The minimum atomic E-state index is 0.292. The zero-order valence-electron chi connectivity index (χ0n) is 23.2. The van der Waals surface area contributed by atoms with Gasteiger partial charge < -0.3 is 35.5 Å². The van der Waals surface area contributed by atoms with Gasteiger partial charge in [-0.2, -0.15) is 4.98 Å². The van der Waals surface area contributed by atoms with Crippen molar-refractivity contribution in [3.05, 3.63) is 35.9 Å². The fourth-order valence-corrected chi connectivity index (χ4v) is 4.92. The van der Waals surface area contributed by atoms with Gasteiger partial charge in [0.05, 0.1) is 26.8 Å². The molecule has 1 aliphatic heterocycles. The van der Waals surface area contributed by atoms with Gasteiger partial charge in [0, 0.05) is 69.0 Å². The average Bonchev–Trinajstić information content (AvgIpc) is 2.93. The van der Waals surface area contributed by atoms with Crippen molar-refractivity contribution in [1.29, 1.82) is 0 Å². The van der Waals surface area contributed by atoms with E-state index in [2.05, 4.69) is 40.6 Å². The van der Waals surface area contributed by atoms with Crippen molar-refractivity contribution in [1.82, 2.24) is 14.9 Å². The summed E-state index contributed by atoms with van der Waals surface area (Å²) in [6.45, 7) is 4.13. The molecule has 0 bridgehead atoms. The minimum absolute atomic E-state index is 0.292. The van der Waals surface area contributed by atoms with Crippen LogP contribution in [0, 0.1) is 0 Å². The van der Waals surface area contributed by atoms with Gasteiger partial charge in [0.1, 0.15) is 11.6 Å². The van der Waals surface area contributed by atoms with Gasteiger partial charge >= 0.3 is 0 Å². The van der Waals surface area contributed by atoms with E-state index in [4.69, 9.17) is 29.9 Å². The number of nitrogens with one attached hydrogen (secondary N) is 2. The summed E-state index contributed by atoms with van der Waals surface area (Å²) in [6, 6.07) is 10.4. The van der Waals surface area contributed by atoms with Gasteiger partial charge in [-0.1, -0.05) is 6.07 Å². The van der Waals surface area contributed by atoms with Crippen molar-refractivity contribution < 1.29 is 14.2 Å². The van der Waals surface area contributed by atoms with Gasteiger partial charge in [0.15, 0.2) is 11.5 Å². The van der Waals surface area contributed by atoms with Gasteiger partial charge in [-0.05, 0) is 44.0 Å². The predicted molar refractivity (Wildman–Crippen MR) is 154 cm³/mol. The quantitative estimate of drug-likeness (QED) is 0.305. The lowest BCUT2D eigenvalue weighted by molar-refractivity contribution is 0.209. The standard InChI is InChI=1S/C28H41N7O3/c1-34(2)23-8-6-9-24(36-3)21(23)18-35-14-10-19(11-15-35)31-27-20-16-25(37-4)26(38-5)17-22(20)32-28(33-27)30-13-7-12-29/h6,8-9,16-17,19H,7,10-15,18,29H2,1-5H3,(H2,30,31,32,33). The summed E-state index contributed by atoms with van der Waals surface area (Å²) in [4.78, 5) is 14.2. The van der Waals surface area contributed by atoms with Crippen molar-refractivity contribution >= 4 is 28.4 Å². The number of benzene rings is 2. The SMILES string of the molecule is COc1cc2nc(NCCCN)nc(NC3CCN(Cc4c(OC)cccc4N(C)C)CC3)c2cc1OC. The number of fused-ring (bicyclic) bond motifs is 1. The van der Waals surface area contributed by atoms with E-state index in [1.807, 2.05) is 24.3 Å². The Kier molecular flexibility index (Phi) is 9.30. The van der Waals surface area contributed by atoms with E-state index in [1.165, 1.54) is 11.3 Å². The van der Waals surface area contributed by atoms with Crippen molar-refractivity contribution in [2.24, 2.45) is 5.73 Å². The molecule has 1 fully saturated rings. The number of rotatable bonds is 12. The first-order valence-electron chi connectivity index (χ1n) is 13.2. The monoisotopic (exact) mass is 523 g/mol. The van der Waals surface area contributed by atoms with Gasteiger partial charge in [0.2, 0.25) is 5.95 Å². The second kappa shape index (κ2) is 12.8. The molecule has 206 valence electrons. The number of methoxy groups -OCH3 is 3. The van der Waals surface area contributed by atoms with E-state index in [1.54, 1.807) is 21.3 Å². The van der Waals surface area contributed by atoms with Crippen molar-refractivity contribution in [3.8, 4) is 17.2 Å². The Labute approximate surface area is 225 Å². The Morgan fingerprint density at radius 2 is 1.71 bits per heavy atom. The third kappa shape index (κ3) is 6.31. The second-order valence-corrected chi connectivity index (χ2v) is 9.74. The summed E-state index contributed by atoms with van der Waals surface area (Å²) < 4.78 is 16.8. The van der Waals surface area contributed by atoms with Crippen LogP contribution in [0.1, 0.15) is 24.8 Å². The Morgan fingerprint density at radius 1 is 1.00 bits per heavy atom. The van der Waals surface area contributed by atoms with Gasteiger partial charge in [0.25, 0.3) is 0 Å². The van der Waals surface area contributed by atoms with Crippen molar-refractivity contribution in [2.45, 2.75) is 31.8 Å². The normalized spacial score (nSPS) is 14.4. The van der Waals surface area contributed by atoms with Crippen LogP contribution in [-0.2, 0) is 6.54 Å². The lowest BCUT2D eigenvalue weighted by Crippen LogP contribution is -2.39. The maximum Gasteiger partial charge on any atom is 0.225 e. The van der Waals surface area contributed by atoms with Gasteiger partial charge in [-0.3, -0.25) is 4.90 Å². The molecule has 0 spiro atoms. The lowest BCUT2D eigenvalue weighted by atomic mass is 10.0. The molecule has 38 heavy (non-hydrogen) atoms. The summed E-state index contributed by atoms with van der Waals surface area (Å²) in [5, 5.41) is 7.91. The maximum absolute atomic E-state index is 5.69. The molecule has 3 aromatic rings. The first-order valence-corrected chi connectivity index (χ1v) is 13.2. The van der Waals surface area contributed by atoms with Crippen LogP contribution in [0.5, 0.6) is 17.2 Å². The third-order valence-electron chi connectivity index (χ3n) is 6.99. The topological polar surface area (TPSA) is 110 Å². The molecule has 10 heteroatoms. The molecule has 0 amide bonds. The summed E-state index contributed by atoms with van der Waals surface area (Å²) in [5.74, 6) is 3.59. The third-order valence-corrected chi connectivity index (χ3v) is 6.99. The molecule has 2 heterocycles. The number of hydrogen-bond acceptors (Lipinski definition) is 10. The van der Waals surface area contributed by atoms with E-state index in [9.17, 15) is 0 Å². The van der Waals surface area contributed by atoms with Crippen LogP contribution in [-0.4, -0.2) is 82.5 Å². The number of hydrogen-bond donors (Lipinski definition) is 3. The number of ether oxygens (including phenoxy) is 3. The van der Waals surface area contributed by atoms with E-state index < -0.39 is 0 Å². The number of nitrogens with zero attached hydrogens (tertiary/aromatic N) is 4. The Morgan fingerprint density at radius 3 is 2.37 bits per heavy atom. The Hall–Kier alpha value is -3.50. The predicted octanol–water partition coefficient (Wildman–Crippen LogP) is 3.56.